The summed E-state index contributed by atoms with van der Waals surface area (Å²) < 4.78 is 1.27. The summed E-state index contributed by atoms with van der Waals surface area (Å²) in [5.74, 6) is -0.875. The van der Waals surface area contributed by atoms with Gasteiger partial charge in [0.1, 0.15) is 11.2 Å². The van der Waals surface area contributed by atoms with Gasteiger partial charge in [0, 0.05) is 18.6 Å². The van der Waals surface area contributed by atoms with E-state index in [-0.39, 0.29) is 17.1 Å². The number of rotatable bonds is 2. The quantitative estimate of drug-likeness (QED) is 0.732. The van der Waals surface area contributed by atoms with E-state index in [1.807, 2.05) is 0 Å². The first-order valence-corrected chi connectivity index (χ1v) is 6.08. The van der Waals surface area contributed by atoms with E-state index in [1.165, 1.54) is 35.1 Å². The predicted octanol–water partition coefficient (Wildman–Crippen LogP) is 1.05. The van der Waals surface area contributed by atoms with Gasteiger partial charge in [-0.05, 0) is 24.3 Å². The summed E-state index contributed by atoms with van der Waals surface area (Å²) in [6.07, 6.45) is 4.15. The van der Waals surface area contributed by atoms with Crippen LogP contribution in [-0.4, -0.2) is 25.4 Å². The van der Waals surface area contributed by atoms with Crippen molar-refractivity contribution in [2.75, 3.05) is 5.32 Å². The number of aromatic nitrogens is 3. The first-order chi connectivity index (χ1) is 10.2. The standard InChI is InChI=1S/C14H10N4O3/c19-10-4-3-6-15-12(10)17-13(20)9-8-16-11-5-1-2-7-18(11)14(9)21/h1-8,19H,(H,15,17,20). The molecule has 3 aromatic rings. The number of hydrogen-bond donors (Lipinski definition) is 2. The third kappa shape index (κ3) is 2.32. The van der Waals surface area contributed by atoms with Crippen molar-refractivity contribution < 1.29 is 9.90 Å². The normalized spacial score (nSPS) is 10.5. The number of fused-ring (bicyclic) bond motifs is 1. The third-order valence-electron chi connectivity index (χ3n) is 2.88. The van der Waals surface area contributed by atoms with Crippen LogP contribution in [0.1, 0.15) is 10.4 Å². The van der Waals surface area contributed by atoms with Crippen molar-refractivity contribution in [2.45, 2.75) is 0 Å². The summed E-state index contributed by atoms with van der Waals surface area (Å²) in [6, 6.07) is 7.98. The van der Waals surface area contributed by atoms with Crippen LogP contribution in [0.5, 0.6) is 5.75 Å². The molecular weight excluding hydrogens is 272 g/mol. The fraction of sp³-hybridized carbons (Fsp3) is 0. The zero-order valence-corrected chi connectivity index (χ0v) is 10.7. The van der Waals surface area contributed by atoms with Crippen LogP contribution in [0, 0.1) is 0 Å². The van der Waals surface area contributed by atoms with Crippen LogP contribution in [-0.2, 0) is 0 Å². The summed E-state index contributed by atoms with van der Waals surface area (Å²) >= 11 is 0. The maximum absolute atomic E-state index is 12.2. The molecule has 0 spiro atoms. The van der Waals surface area contributed by atoms with Crippen LogP contribution in [0.15, 0.2) is 53.7 Å². The largest absolute Gasteiger partial charge is 0.504 e. The second-order valence-electron chi connectivity index (χ2n) is 4.23. The zero-order chi connectivity index (χ0) is 14.8. The third-order valence-corrected chi connectivity index (χ3v) is 2.88. The molecule has 21 heavy (non-hydrogen) atoms. The Morgan fingerprint density at radius 1 is 1.19 bits per heavy atom. The minimum absolute atomic E-state index is 0.0138. The van der Waals surface area contributed by atoms with Gasteiger partial charge in [0.2, 0.25) is 0 Å². The number of aromatic hydroxyl groups is 1. The zero-order valence-electron chi connectivity index (χ0n) is 10.7. The van der Waals surface area contributed by atoms with Crippen molar-refractivity contribution in [3.05, 3.63) is 64.8 Å². The summed E-state index contributed by atoms with van der Waals surface area (Å²) in [4.78, 5) is 32.2. The highest BCUT2D eigenvalue weighted by atomic mass is 16.3. The van der Waals surface area contributed by atoms with Crippen molar-refractivity contribution in [2.24, 2.45) is 0 Å². The van der Waals surface area contributed by atoms with Crippen LogP contribution in [0.4, 0.5) is 5.82 Å². The minimum Gasteiger partial charge on any atom is -0.504 e. The molecule has 0 radical (unpaired) electrons. The number of anilines is 1. The Morgan fingerprint density at radius 3 is 2.86 bits per heavy atom. The highest BCUT2D eigenvalue weighted by Gasteiger charge is 2.15. The fourth-order valence-corrected chi connectivity index (χ4v) is 1.85. The Bertz CT molecular complexity index is 889. The average Bonchev–Trinajstić information content (AvgIpc) is 2.50. The lowest BCUT2D eigenvalue weighted by atomic mass is 10.3. The van der Waals surface area contributed by atoms with Gasteiger partial charge in [-0.1, -0.05) is 6.07 Å². The lowest BCUT2D eigenvalue weighted by molar-refractivity contribution is 0.102. The van der Waals surface area contributed by atoms with Crippen molar-refractivity contribution >= 4 is 17.4 Å². The number of carbonyl (C=O) groups is 1. The van der Waals surface area contributed by atoms with Crippen molar-refractivity contribution in [3.8, 4) is 5.75 Å². The molecule has 0 saturated heterocycles. The molecule has 2 N–H and O–H groups in total. The molecule has 7 heteroatoms. The van der Waals surface area contributed by atoms with Gasteiger partial charge < -0.3 is 10.4 Å². The predicted molar refractivity (Wildman–Crippen MR) is 75.3 cm³/mol. The molecule has 0 aromatic carbocycles. The molecule has 0 aliphatic rings. The van der Waals surface area contributed by atoms with Crippen LogP contribution >= 0.6 is 0 Å². The SMILES string of the molecule is O=C(Nc1ncccc1O)c1cnc2ccccn2c1=O. The Kier molecular flexibility index (Phi) is 3.07. The van der Waals surface area contributed by atoms with Crippen molar-refractivity contribution in [3.63, 3.8) is 0 Å². The topological polar surface area (TPSA) is 96.6 Å². The molecule has 0 aliphatic heterocycles. The maximum Gasteiger partial charge on any atom is 0.270 e. The number of pyridine rings is 2. The lowest BCUT2D eigenvalue weighted by Gasteiger charge is -2.06. The van der Waals surface area contributed by atoms with E-state index in [2.05, 4.69) is 15.3 Å². The Hall–Kier alpha value is -3.22. The Labute approximate surface area is 118 Å². The molecule has 3 rings (SSSR count). The van der Waals surface area contributed by atoms with E-state index in [4.69, 9.17) is 0 Å². The van der Waals surface area contributed by atoms with E-state index < -0.39 is 11.5 Å². The molecular formula is C14H10N4O3. The molecule has 3 aromatic heterocycles. The summed E-state index contributed by atoms with van der Waals surface area (Å²) in [5, 5.41) is 11.9. The number of nitrogens with one attached hydrogen (secondary N) is 1. The van der Waals surface area contributed by atoms with E-state index in [9.17, 15) is 14.7 Å². The second kappa shape index (κ2) is 5.04. The Morgan fingerprint density at radius 2 is 2.05 bits per heavy atom. The van der Waals surface area contributed by atoms with Gasteiger partial charge in [-0.2, -0.15) is 0 Å². The Balaban J connectivity index is 2.01. The van der Waals surface area contributed by atoms with Crippen molar-refractivity contribution in [1.82, 2.24) is 14.4 Å². The molecule has 0 unspecified atom stereocenters. The smallest absolute Gasteiger partial charge is 0.270 e. The summed E-state index contributed by atoms with van der Waals surface area (Å²) in [6.45, 7) is 0. The van der Waals surface area contributed by atoms with Crippen LogP contribution < -0.4 is 10.9 Å². The van der Waals surface area contributed by atoms with Gasteiger partial charge in [-0.15, -0.1) is 0 Å². The molecule has 1 amide bonds. The lowest BCUT2D eigenvalue weighted by Crippen LogP contribution is -2.26. The minimum atomic E-state index is -0.681. The second-order valence-corrected chi connectivity index (χ2v) is 4.23. The molecule has 0 bridgehead atoms. The maximum atomic E-state index is 12.2. The van der Waals surface area contributed by atoms with Gasteiger partial charge in [-0.3, -0.25) is 14.0 Å². The molecule has 3 heterocycles. The van der Waals surface area contributed by atoms with E-state index in [1.54, 1.807) is 18.2 Å². The van der Waals surface area contributed by atoms with Gasteiger partial charge in [0.05, 0.1) is 0 Å². The molecule has 0 aliphatic carbocycles. The average molecular weight is 282 g/mol. The van der Waals surface area contributed by atoms with Gasteiger partial charge in [-0.25, -0.2) is 9.97 Å². The van der Waals surface area contributed by atoms with Gasteiger partial charge >= 0.3 is 0 Å². The molecule has 0 fully saturated rings. The number of hydrogen-bond acceptors (Lipinski definition) is 5. The van der Waals surface area contributed by atoms with Gasteiger partial charge in [0.25, 0.3) is 11.5 Å². The van der Waals surface area contributed by atoms with Crippen LogP contribution in [0.2, 0.25) is 0 Å². The number of amides is 1. The molecule has 7 nitrogen and oxygen atoms in total. The molecule has 0 atom stereocenters. The number of nitrogens with zero attached hydrogens (tertiary/aromatic N) is 3. The van der Waals surface area contributed by atoms with Crippen LogP contribution in [0.25, 0.3) is 5.65 Å². The highest BCUT2D eigenvalue weighted by Crippen LogP contribution is 2.18. The van der Waals surface area contributed by atoms with Crippen LogP contribution in [0.3, 0.4) is 0 Å². The molecule has 0 saturated carbocycles. The van der Waals surface area contributed by atoms with E-state index in [0.29, 0.717) is 5.65 Å². The highest BCUT2D eigenvalue weighted by molar-refractivity contribution is 6.04. The monoisotopic (exact) mass is 282 g/mol. The molecule has 104 valence electrons. The fourth-order valence-electron chi connectivity index (χ4n) is 1.85. The van der Waals surface area contributed by atoms with Crippen molar-refractivity contribution in [1.29, 1.82) is 0 Å². The first kappa shape index (κ1) is 12.8. The van der Waals surface area contributed by atoms with Gasteiger partial charge in [0.15, 0.2) is 11.6 Å². The van der Waals surface area contributed by atoms with E-state index >= 15 is 0 Å². The summed E-state index contributed by atoms with van der Waals surface area (Å²) in [5.41, 5.74) is -0.183. The summed E-state index contributed by atoms with van der Waals surface area (Å²) in [7, 11) is 0. The first-order valence-electron chi connectivity index (χ1n) is 6.08. The van der Waals surface area contributed by atoms with E-state index in [0.717, 1.165) is 0 Å². The number of carbonyl (C=O) groups excluding carboxylic acids is 1.